The Morgan fingerprint density at radius 1 is 1.47 bits per heavy atom. The summed E-state index contributed by atoms with van der Waals surface area (Å²) < 4.78 is 7.52. The molecule has 0 bridgehead atoms. The zero-order valence-corrected chi connectivity index (χ0v) is 10.9. The quantitative estimate of drug-likeness (QED) is 0.845. The van der Waals surface area contributed by atoms with Gasteiger partial charge in [-0.15, -0.1) is 0 Å². The number of aromatic nitrogens is 2. The van der Waals surface area contributed by atoms with Crippen LogP contribution in [-0.2, 0) is 0 Å². The molecule has 0 aliphatic carbocycles. The van der Waals surface area contributed by atoms with Gasteiger partial charge >= 0.3 is 0 Å². The molecule has 1 aliphatic rings. The van der Waals surface area contributed by atoms with Crippen LogP contribution < -0.4 is 4.74 Å². The Bertz CT molecular complexity index is 590. The maximum absolute atomic E-state index is 11.6. The molecule has 4 heteroatoms. The molecular formula is C15H16N2O2. The lowest BCUT2D eigenvalue weighted by atomic mass is 9.99. The van der Waals surface area contributed by atoms with Crippen molar-refractivity contribution in [3.8, 4) is 5.75 Å². The van der Waals surface area contributed by atoms with Crippen LogP contribution in [0.4, 0.5) is 0 Å². The first-order chi connectivity index (χ1) is 9.29. The minimum atomic E-state index is 0.0659. The van der Waals surface area contributed by atoms with Gasteiger partial charge in [0.15, 0.2) is 6.61 Å². The summed E-state index contributed by atoms with van der Waals surface area (Å²) in [6, 6.07) is 6.13. The summed E-state index contributed by atoms with van der Waals surface area (Å²) in [5.74, 6) is 0.778. The molecule has 0 radical (unpaired) electrons. The Balaban J connectivity index is 1.98. The molecule has 0 saturated heterocycles. The summed E-state index contributed by atoms with van der Waals surface area (Å²) in [6.45, 7) is 2.33. The molecule has 0 saturated carbocycles. The molecule has 0 N–H and O–H groups in total. The monoisotopic (exact) mass is 256 g/mol. The molecule has 0 fully saturated rings. The van der Waals surface area contributed by atoms with Crippen molar-refractivity contribution in [3.05, 3.63) is 48.0 Å². The first-order valence-electron chi connectivity index (χ1n) is 6.57. The fourth-order valence-corrected chi connectivity index (χ4v) is 2.53. The van der Waals surface area contributed by atoms with Crippen LogP contribution in [0.1, 0.15) is 41.7 Å². The Morgan fingerprint density at radius 3 is 3.11 bits per heavy atom. The minimum Gasteiger partial charge on any atom is -0.485 e. The normalized spacial score (nSPS) is 15.1. The zero-order valence-electron chi connectivity index (χ0n) is 10.9. The number of carbonyl (C=O) groups is 1. The number of hydrogen-bond donors (Lipinski definition) is 0. The molecule has 1 unspecified atom stereocenters. The van der Waals surface area contributed by atoms with Crippen molar-refractivity contribution in [2.45, 2.75) is 25.8 Å². The van der Waals surface area contributed by atoms with Gasteiger partial charge in [-0.1, -0.05) is 19.4 Å². The molecule has 0 spiro atoms. The van der Waals surface area contributed by atoms with Gasteiger partial charge in [0.05, 0.1) is 17.9 Å². The van der Waals surface area contributed by atoms with E-state index in [1.54, 1.807) is 6.20 Å². The van der Waals surface area contributed by atoms with Gasteiger partial charge in [-0.3, -0.25) is 4.79 Å². The largest absolute Gasteiger partial charge is 0.485 e. The van der Waals surface area contributed by atoms with Crippen LogP contribution >= 0.6 is 0 Å². The number of nitrogens with zero attached hydrogens (tertiary/aromatic N) is 2. The molecule has 2 aromatic rings. The topological polar surface area (TPSA) is 44.1 Å². The predicted octanol–water partition coefficient (Wildman–Crippen LogP) is 2.85. The van der Waals surface area contributed by atoms with E-state index >= 15 is 0 Å². The molecule has 3 rings (SSSR count). The number of benzene rings is 1. The Morgan fingerprint density at radius 2 is 2.37 bits per heavy atom. The van der Waals surface area contributed by atoms with E-state index in [1.807, 2.05) is 30.7 Å². The lowest BCUT2D eigenvalue weighted by Gasteiger charge is -2.18. The highest BCUT2D eigenvalue weighted by molar-refractivity contribution is 6.02. The molecule has 98 valence electrons. The van der Waals surface area contributed by atoms with Gasteiger partial charge in [0.25, 0.3) is 0 Å². The molecule has 4 nitrogen and oxygen atoms in total. The third-order valence-electron chi connectivity index (χ3n) is 3.50. The first-order valence-corrected chi connectivity index (χ1v) is 6.57. The molecule has 1 aromatic heterocycles. The molecule has 0 amide bonds. The minimum absolute atomic E-state index is 0.0659. The Kier molecular flexibility index (Phi) is 3.07. The van der Waals surface area contributed by atoms with Crippen molar-refractivity contribution in [1.29, 1.82) is 0 Å². The summed E-state index contributed by atoms with van der Waals surface area (Å²) in [5.41, 5.74) is 1.86. The van der Waals surface area contributed by atoms with E-state index in [2.05, 4.69) is 16.5 Å². The van der Waals surface area contributed by atoms with E-state index in [-0.39, 0.29) is 18.4 Å². The van der Waals surface area contributed by atoms with Crippen molar-refractivity contribution in [2.24, 2.45) is 0 Å². The SMILES string of the molecule is CCCC(c1ccc2c(c1)OCC2=O)n1ccnc1. The van der Waals surface area contributed by atoms with Crippen molar-refractivity contribution >= 4 is 5.78 Å². The zero-order chi connectivity index (χ0) is 13.2. The van der Waals surface area contributed by atoms with E-state index < -0.39 is 0 Å². The van der Waals surface area contributed by atoms with Crippen molar-refractivity contribution in [3.63, 3.8) is 0 Å². The summed E-state index contributed by atoms with van der Waals surface area (Å²) in [7, 11) is 0. The van der Waals surface area contributed by atoms with Crippen molar-refractivity contribution < 1.29 is 9.53 Å². The highest BCUT2D eigenvalue weighted by Gasteiger charge is 2.23. The van der Waals surface area contributed by atoms with Crippen LogP contribution in [0.15, 0.2) is 36.9 Å². The molecular weight excluding hydrogens is 240 g/mol. The summed E-state index contributed by atoms with van der Waals surface area (Å²) in [4.78, 5) is 15.7. The Labute approximate surface area is 112 Å². The van der Waals surface area contributed by atoms with E-state index in [4.69, 9.17) is 4.74 Å². The standard InChI is InChI=1S/C15H16N2O2/c1-2-3-13(17-7-6-16-10-17)11-4-5-12-14(18)9-19-15(12)8-11/h4-8,10,13H,2-3,9H2,1H3. The maximum atomic E-state index is 11.6. The molecule has 1 atom stereocenters. The van der Waals surface area contributed by atoms with Crippen LogP contribution in [-0.4, -0.2) is 21.9 Å². The lowest BCUT2D eigenvalue weighted by Crippen LogP contribution is -2.08. The van der Waals surface area contributed by atoms with Crippen LogP contribution in [0.5, 0.6) is 5.75 Å². The van der Waals surface area contributed by atoms with Crippen LogP contribution in [0.2, 0.25) is 0 Å². The summed E-state index contributed by atoms with van der Waals surface area (Å²) in [6.07, 6.45) is 7.71. The number of hydrogen-bond acceptors (Lipinski definition) is 3. The van der Waals surface area contributed by atoms with Crippen LogP contribution in [0.3, 0.4) is 0 Å². The van der Waals surface area contributed by atoms with E-state index in [9.17, 15) is 4.79 Å². The summed E-state index contributed by atoms with van der Waals surface area (Å²) in [5, 5.41) is 0. The fourth-order valence-electron chi connectivity index (χ4n) is 2.53. The van der Waals surface area contributed by atoms with Gasteiger partial charge in [0.1, 0.15) is 5.75 Å². The first kappa shape index (κ1) is 12.0. The second-order valence-corrected chi connectivity index (χ2v) is 4.78. The molecule has 1 aliphatic heterocycles. The van der Waals surface area contributed by atoms with Gasteiger partial charge in [-0.2, -0.15) is 0 Å². The van der Waals surface area contributed by atoms with Gasteiger partial charge in [0.2, 0.25) is 5.78 Å². The number of ketones is 1. The number of ether oxygens (including phenoxy) is 1. The number of rotatable bonds is 4. The van der Waals surface area contributed by atoms with Crippen molar-refractivity contribution in [2.75, 3.05) is 6.61 Å². The van der Waals surface area contributed by atoms with Gasteiger partial charge < -0.3 is 9.30 Å². The van der Waals surface area contributed by atoms with E-state index in [0.29, 0.717) is 11.3 Å². The fraction of sp³-hybridized carbons (Fsp3) is 0.333. The number of fused-ring (bicyclic) bond motifs is 1. The predicted molar refractivity (Wildman–Crippen MR) is 71.5 cm³/mol. The number of carbonyl (C=O) groups excluding carboxylic acids is 1. The average Bonchev–Trinajstić information content (AvgIpc) is 3.06. The second kappa shape index (κ2) is 4.88. The average molecular weight is 256 g/mol. The van der Waals surface area contributed by atoms with Crippen molar-refractivity contribution in [1.82, 2.24) is 9.55 Å². The van der Waals surface area contributed by atoms with Gasteiger partial charge in [0, 0.05) is 12.4 Å². The molecule has 1 aromatic carbocycles. The Hall–Kier alpha value is -2.10. The highest BCUT2D eigenvalue weighted by Crippen LogP contribution is 2.31. The van der Waals surface area contributed by atoms with E-state index in [1.165, 1.54) is 0 Å². The summed E-state index contributed by atoms with van der Waals surface area (Å²) >= 11 is 0. The number of imidazole rings is 1. The maximum Gasteiger partial charge on any atom is 0.203 e. The van der Waals surface area contributed by atoms with Gasteiger partial charge in [-0.05, 0) is 24.1 Å². The van der Waals surface area contributed by atoms with Gasteiger partial charge in [-0.25, -0.2) is 4.98 Å². The third kappa shape index (κ3) is 2.14. The van der Waals surface area contributed by atoms with Crippen LogP contribution in [0.25, 0.3) is 0 Å². The number of Topliss-reactive ketones (excluding diaryl/α,β-unsaturated/α-hetero) is 1. The molecule has 19 heavy (non-hydrogen) atoms. The van der Waals surface area contributed by atoms with E-state index in [0.717, 1.165) is 18.4 Å². The third-order valence-corrected chi connectivity index (χ3v) is 3.50. The van der Waals surface area contributed by atoms with Crippen LogP contribution in [0, 0.1) is 0 Å². The lowest BCUT2D eigenvalue weighted by molar-refractivity contribution is 0.0961. The smallest absolute Gasteiger partial charge is 0.203 e. The molecule has 2 heterocycles. The second-order valence-electron chi connectivity index (χ2n) is 4.78. The highest BCUT2D eigenvalue weighted by atomic mass is 16.5.